The molecular weight excluding hydrogens is 270 g/mol. The Morgan fingerprint density at radius 3 is 2.25 bits per heavy atom. The summed E-state index contributed by atoms with van der Waals surface area (Å²) >= 11 is 0. The third kappa shape index (κ3) is 4.79. The van der Waals surface area contributed by atoms with Gasteiger partial charge in [0.15, 0.2) is 6.29 Å². The molecule has 90 valence electrons. The van der Waals surface area contributed by atoms with Gasteiger partial charge in [0.25, 0.3) is 0 Å². The molecule has 0 aliphatic heterocycles. The second-order valence-corrected chi connectivity index (χ2v) is 3.20. The molecule has 3 nitrogen and oxygen atoms in total. The predicted octanol–water partition coefficient (Wildman–Crippen LogP) is 3.20. The van der Waals surface area contributed by atoms with Gasteiger partial charge in [-0.05, 0) is 24.6 Å². The van der Waals surface area contributed by atoms with Gasteiger partial charge in [-0.1, -0.05) is 18.2 Å². The number of hydrogen-bond acceptors (Lipinski definition) is 3. The van der Waals surface area contributed by atoms with Crippen LogP contribution in [0.5, 0.6) is 0 Å². The van der Waals surface area contributed by atoms with Crippen LogP contribution in [0.3, 0.4) is 0 Å². The molecule has 1 rings (SSSR count). The van der Waals surface area contributed by atoms with Gasteiger partial charge in [0.1, 0.15) is 0 Å². The highest BCUT2D eigenvalue weighted by molar-refractivity contribution is 8.93. The molecule has 0 atom stereocenters. The van der Waals surface area contributed by atoms with Crippen LogP contribution in [0.25, 0.3) is 0 Å². The zero-order valence-corrected chi connectivity index (χ0v) is 11.5. The minimum absolute atomic E-state index is 0. The van der Waals surface area contributed by atoms with Crippen LogP contribution in [0.2, 0.25) is 0 Å². The summed E-state index contributed by atoms with van der Waals surface area (Å²) in [6, 6.07) is 9.94. The van der Waals surface area contributed by atoms with Gasteiger partial charge in [0, 0.05) is 26.1 Å². The fourth-order valence-electron chi connectivity index (χ4n) is 1.27. The minimum atomic E-state index is -0.291. The molecule has 1 aromatic rings. The summed E-state index contributed by atoms with van der Waals surface area (Å²) < 4.78 is 10.2. The highest BCUT2D eigenvalue weighted by Crippen LogP contribution is 2.09. The Morgan fingerprint density at radius 2 is 1.75 bits per heavy atom. The van der Waals surface area contributed by atoms with Crippen molar-refractivity contribution in [3.05, 3.63) is 42.1 Å². The maximum absolute atomic E-state index is 5.12. The first-order chi connectivity index (χ1) is 7.27. The van der Waals surface area contributed by atoms with Gasteiger partial charge in [0.2, 0.25) is 0 Å². The van der Waals surface area contributed by atoms with Crippen LogP contribution in [0, 0.1) is 0 Å². The van der Waals surface area contributed by atoms with E-state index in [9.17, 15) is 0 Å². The van der Waals surface area contributed by atoms with Gasteiger partial charge >= 0.3 is 0 Å². The summed E-state index contributed by atoms with van der Waals surface area (Å²) in [5.74, 6) is 0. The molecule has 4 heteroatoms. The molecule has 0 spiro atoms. The summed E-state index contributed by atoms with van der Waals surface area (Å²) in [5.41, 5.74) is 2.03. The second-order valence-electron chi connectivity index (χ2n) is 3.20. The van der Waals surface area contributed by atoms with Gasteiger partial charge < -0.3 is 14.8 Å². The van der Waals surface area contributed by atoms with E-state index in [1.165, 1.54) is 0 Å². The maximum atomic E-state index is 5.12. The van der Waals surface area contributed by atoms with Crippen molar-refractivity contribution in [3.8, 4) is 0 Å². The summed E-state index contributed by atoms with van der Waals surface area (Å²) in [5, 5.41) is 3.17. The minimum Gasteiger partial charge on any atom is -0.362 e. The third-order valence-electron chi connectivity index (χ3n) is 2.04. The number of ether oxygens (including phenoxy) is 2. The van der Waals surface area contributed by atoms with E-state index in [0.29, 0.717) is 0 Å². The first-order valence-corrected chi connectivity index (χ1v) is 4.81. The standard InChI is InChI=1S/C12H17NO2.BrH/c1-10(12(14-2)15-3)9-13-11-7-5-4-6-8-11;/h4-9,12-13H,1-3H3;1H/b10-9+;. The predicted molar refractivity (Wildman–Crippen MR) is 71.9 cm³/mol. The topological polar surface area (TPSA) is 30.5 Å². The highest BCUT2D eigenvalue weighted by Gasteiger charge is 2.06. The van der Waals surface area contributed by atoms with E-state index in [4.69, 9.17) is 9.47 Å². The van der Waals surface area contributed by atoms with Crippen molar-refractivity contribution in [1.29, 1.82) is 0 Å². The van der Waals surface area contributed by atoms with Crippen LogP contribution in [0.1, 0.15) is 6.92 Å². The zero-order chi connectivity index (χ0) is 11.1. The molecule has 0 aliphatic carbocycles. The van der Waals surface area contributed by atoms with Gasteiger partial charge in [0.05, 0.1) is 0 Å². The second kappa shape index (κ2) is 8.33. The lowest BCUT2D eigenvalue weighted by Gasteiger charge is -2.14. The average molecular weight is 288 g/mol. The molecule has 0 heterocycles. The lowest BCUT2D eigenvalue weighted by molar-refractivity contribution is -0.0747. The molecule has 0 amide bonds. The Hall–Kier alpha value is -0.840. The van der Waals surface area contributed by atoms with Crippen LogP contribution in [0.4, 0.5) is 5.69 Å². The van der Waals surface area contributed by atoms with E-state index < -0.39 is 0 Å². The fourth-order valence-corrected chi connectivity index (χ4v) is 1.27. The largest absolute Gasteiger partial charge is 0.362 e. The van der Waals surface area contributed by atoms with E-state index in [1.807, 2.05) is 43.5 Å². The fraction of sp³-hybridized carbons (Fsp3) is 0.333. The lowest BCUT2D eigenvalue weighted by Crippen LogP contribution is -2.15. The Bertz CT molecular complexity index is 310. The maximum Gasteiger partial charge on any atom is 0.180 e. The van der Waals surface area contributed by atoms with E-state index >= 15 is 0 Å². The first kappa shape index (κ1) is 15.2. The lowest BCUT2D eigenvalue weighted by atomic mass is 10.3. The van der Waals surface area contributed by atoms with Gasteiger partial charge in [-0.25, -0.2) is 0 Å². The van der Waals surface area contributed by atoms with Crippen LogP contribution < -0.4 is 5.32 Å². The summed E-state index contributed by atoms with van der Waals surface area (Å²) in [6.45, 7) is 1.95. The summed E-state index contributed by atoms with van der Waals surface area (Å²) in [4.78, 5) is 0. The summed E-state index contributed by atoms with van der Waals surface area (Å²) in [6.07, 6.45) is 1.59. The van der Waals surface area contributed by atoms with E-state index in [2.05, 4.69) is 5.32 Å². The number of rotatable bonds is 5. The molecule has 0 aromatic heterocycles. The molecule has 0 saturated heterocycles. The number of nitrogens with one attached hydrogen (secondary N) is 1. The SMILES string of the molecule is Br.COC(OC)/C(C)=C/Nc1ccccc1. The monoisotopic (exact) mass is 287 g/mol. The normalized spacial score (nSPS) is 11.1. The average Bonchev–Trinajstić information content (AvgIpc) is 2.29. The number of anilines is 1. The molecule has 0 aliphatic rings. The quantitative estimate of drug-likeness (QED) is 0.844. The van der Waals surface area contributed by atoms with Crippen molar-refractivity contribution in [2.45, 2.75) is 13.2 Å². The van der Waals surface area contributed by atoms with Crippen LogP contribution in [-0.4, -0.2) is 20.5 Å². The number of hydrogen-bond donors (Lipinski definition) is 1. The highest BCUT2D eigenvalue weighted by atomic mass is 79.9. The number of benzene rings is 1. The number of halogens is 1. The summed E-state index contributed by atoms with van der Waals surface area (Å²) in [7, 11) is 3.24. The van der Waals surface area contributed by atoms with Crippen molar-refractivity contribution in [2.24, 2.45) is 0 Å². The van der Waals surface area contributed by atoms with Crippen LogP contribution in [0.15, 0.2) is 42.1 Å². The van der Waals surface area contributed by atoms with E-state index in [1.54, 1.807) is 14.2 Å². The van der Waals surface area contributed by atoms with E-state index in [-0.39, 0.29) is 23.3 Å². The van der Waals surface area contributed by atoms with Crippen LogP contribution in [-0.2, 0) is 9.47 Å². The molecule has 16 heavy (non-hydrogen) atoms. The molecule has 0 saturated carbocycles. The molecule has 1 aromatic carbocycles. The molecule has 0 bridgehead atoms. The Kier molecular flexibility index (Phi) is 7.89. The van der Waals surface area contributed by atoms with Crippen LogP contribution >= 0.6 is 17.0 Å². The smallest absolute Gasteiger partial charge is 0.180 e. The molecule has 0 fully saturated rings. The first-order valence-electron chi connectivity index (χ1n) is 4.81. The molecule has 0 unspecified atom stereocenters. The van der Waals surface area contributed by atoms with Crippen molar-refractivity contribution in [1.82, 2.24) is 0 Å². The Morgan fingerprint density at radius 1 is 1.19 bits per heavy atom. The number of para-hydroxylation sites is 1. The molecule has 1 N–H and O–H groups in total. The Balaban J connectivity index is 0.00000225. The van der Waals surface area contributed by atoms with Crippen molar-refractivity contribution in [3.63, 3.8) is 0 Å². The molecule has 0 radical (unpaired) electrons. The van der Waals surface area contributed by atoms with E-state index in [0.717, 1.165) is 11.3 Å². The van der Waals surface area contributed by atoms with Gasteiger partial charge in [-0.2, -0.15) is 0 Å². The van der Waals surface area contributed by atoms with Crippen molar-refractivity contribution in [2.75, 3.05) is 19.5 Å². The van der Waals surface area contributed by atoms with Crippen molar-refractivity contribution >= 4 is 22.7 Å². The number of methoxy groups -OCH3 is 2. The molecular formula is C12H18BrNO2. The van der Waals surface area contributed by atoms with Gasteiger partial charge in [-0.15, -0.1) is 17.0 Å². The van der Waals surface area contributed by atoms with Gasteiger partial charge in [-0.3, -0.25) is 0 Å². The Labute approximate surface area is 107 Å². The van der Waals surface area contributed by atoms with Crippen molar-refractivity contribution < 1.29 is 9.47 Å². The third-order valence-corrected chi connectivity index (χ3v) is 2.04. The zero-order valence-electron chi connectivity index (χ0n) is 9.77.